The van der Waals surface area contributed by atoms with E-state index in [1.807, 2.05) is 6.08 Å². The molecule has 0 fully saturated rings. The second-order valence-corrected chi connectivity index (χ2v) is 3.44. The van der Waals surface area contributed by atoms with Crippen LogP contribution in [-0.4, -0.2) is 0 Å². The van der Waals surface area contributed by atoms with Gasteiger partial charge in [-0.25, -0.2) is 0 Å². The van der Waals surface area contributed by atoms with E-state index < -0.39 is 0 Å². The van der Waals surface area contributed by atoms with E-state index >= 15 is 0 Å². The molecular formula is C12H16. The molecule has 0 atom stereocenters. The summed E-state index contributed by atoms with van der Waals surface area (Å²) in [7, 11) is 0. The van der Waals surface area contributed by atoms with E-state index in [-0.39, 0.29) is 0 Å². The van der Waals surface area contributed by atoms with E-state index in [4.69, 9.17) is 0 Å². The molecule has 64 valence electrons. The number of rotatable bonds is 1. The van der Waals surface area contributed by atoms with Gasteiger partial charge in [-0.2, -0.15) is 0 Å². The fourth-order valence-corrected chi connectivity index (χ4v) is 1.19. The van der Waals surface area contributed by atoms with Crippen molar-refractivity contribution in [2.24, 2.45) is 5.92 Å². The third kappa shape index (κ3) is 2.54. The fraction of sp³-hybridized carbons (Fsp3) is 0.333. The Morgan fingerprint density at radius 1 is 1.33 bits per heavy atom. The highest BCUT2D eigenvalue weighted by Crippen LogP contribution is 2.16. The third-order valence-corrected chi connectivity index (χ3v) is 2.05. The van der Waals surface area contributed by atoms with Crippen molar-refractivity contribution in [3.05, 3.63) is 48.1 Å². The monoisotopic (exact) mass is 160 g/mol. The average molecular weight is 160 g/mol. The molecule has 0 radical (unpaired) electrons. The maximum absolute atomic E-state index is 3.88. The van der Waals surface area contributed by atoms with Crippen molar-refractivity contribution in [3.8, 4) is 0 Å². The minimum Gasteiger partial charge on any atom is -0.0918 e. The lowest BCUT2D eigenvalue weighted by Gasteiger charge is -2.08. The molecule has 0 saturated carbocycles. The zero-order valence-corrected chi connectivity index (χ0v) is 7.88. The van der Waals surface area contributed by atoms with Gasteiger partial charge in [-0.05, 0) is 17.9 Å². The van der Waals surface area contributed by atoms with Crippen LogP contribution in [0.2, 0.25) is 0 Å². The van der Waals surface area contributed by atoms with Crippen molar-refractivity contribution in [2.45, 2.75) is 20.3 Å². The lowest BCUT2D eigenvalue weighted by molar-refractivity contribution is 0.747. The first-order chi connectivity index (χ1) is 5.70. The summed E-state index contributed by atoms with van der Waals surface area (Å²) in [5.74, 6) is 0.644. The predicted octanol–water partition coefficient (Wildman–Crippen LogP) is 3.64. The van der Waals surface area contributed by atoms with Gasteiger partial charge in [0.15, 0.2) is 0 Å². The Kier molecular flexibility index (Phi) is 3.09. The molecule has 0 aliphatic heterocycles. The zero-order valence-electron chi connectivity index (χ0n) is 7.88. The minimum absolute atomic E-state index is 0.644. The molecule has 0 aromatic rings. The van der Waals surface area contributed by atoms with Crippen LogP contribution in [0.3, 0.4) is 0 Å². The summed E-state index contributed by atoms with van der Waals surface area (Å²) in [5.41, 5.74) is 2.56. The van der Waals surface area contributed by atoms with Gasteiger partial charge in [-0.3, -0.25) is 0 Å². The van der Waals surface area contributed by atoms with E-state index in [9.17, 15) is 0 Å². The maximum Gasteiger partial charge on any atom is -0.0130 e. The van der Waals surface area contributed by atoms with Crippen LogP contribution in [0.5, 0.6) is 0 Å². The smallest absolute Gasteiger partial charge is 0.0130 e. The van der Waals surface area contributed by atoms with Gasteiger partial charge in [-0.15, -0.1) is 0 Å². The van der Waals surface area contributed by atoms with E-state index in [0.717, 1.165) is 12.0 Å². The second kappa shape index (κ2) is 4.10. The van der Waals surface area contributed by atoms with Crippen LogP contribution in [0.1, 0.15) is 20.3 Å². The van der Waals surface area contributed by atoms with Crippen molar-refractivity contribution in [1.29, 1.82) is 0 Å². The summed E-state index contributed by atoms with van der Waals surface area (Å²) in [6.45, 7) is 8.34. The Morgan fingerprint density at radius 3 is 2.75 bits per heavy atom. The van der Waals surface area contributed by atoms with Gasteiger partial charge in [0, 0.05) is 0 Å². The number of allylic oxidation sites excluding steroid dienone is 7. The molecule has 0 nitrogen and oxygen atoms in total. The summed E-state index contributed by atoms with van der Waals surface area (Å²) < 4.78 is 0. The van der Waals surface area contributed by atoms with Crippen LogP contribution in [-0.2, 0) is 0 Å². The highest BCUT2D eigenvalue weighted by molar-refractivity contribution is 5.33. The summed E-state index contributed by atoms with van der Waals surface area (Å²) in [6.07, 6.45) is 11.6. The van der Waals surface area contributed by atoms with Gasteiger partial charge in [0.2, 0.25) is 0 Å². The molecule has 0 bridgehead atoms. The molecule has 0 aromatic heterocycles. The SMILES string of the molecule is C=C1C=CC/C(C(C)C)=C\C=C/1. The maximum atomic E-state index is 3.88. The summed E-state index contributed by atoms with van der Waals surface area (Å²) in [6, 6.07) is 0. The van der Waals surface area contributed by atoms with Gasteiger partial charge in [0.1, 0.15) is 0 Å². The van der Waals surface area contributed by atoms with Crippen LogP contribution < -0.4 is 0 Å². The molecule has 0 heteroatoms. The lowest BCUT2D eigenvalue weighted by Crippen LogP contribution is -1.92. The molecule has 1 aliphatic rings. The molecule has 0 saturated heterocycles. The third-order valence-electron chi connectivity index (χ3n) is 2.05. The topological polar surface area (TPSA) is 0 Å². The van der Waals surface area contributed by atoms with E-state index in [1.54, 1.807) is 0 Å². The Hall–Kier alpha value is -1.04. The van der Waals surface area contributed by atoms with Gasteiger partial charge in [0.25, 0.3) is 0 Å². The van der Waals surface area contributed by atoms with Gasteiger partial charge in [0.05, 0.1) is 0 Å². The minimum atomic E-state index is 0.644. The van der Waals surface area contributed by atoms with Crippen molar-refractivity contribution < 1.29 is 0 Å². The largest absolute Gasteiger partial charge is 0.0918 e. The standard InChI is InChI=1S/C12H16/c1-10(2)12-8-4-6-11(3)7-5-9-12/h4-8,10H,3,9H2,1-2H3/b6-4-,7-5?,12-8+. The fourth-order valence-electron chi connectivity index (χ4n) is 1.19. The first-order valence-electron chi connectivity index (χ1n) is 4.42. The second-order valence-electron chi connectivity index (χ2n) is 3.44. The summed E-state index contributed by atoms with van der Waals surface area (Å²) in [5, 5.41) is 0. The molecule has 0 spiro atoms. The van der Waals surface area contributed by atoms with Crippen LogP contribution >= 0.6 is 0 Å². The molecule has 0 unspecified atom stereocenters. The van der Waals surface area contributed by atoms with Crippen LogP contribution in [0.25, 0.3) is 0 Å². The first-order valence-corrected chi connectivity index (χ1v) is 4.42. The molecule has 1 rings (SSSR count). The molecular weight excluding hydrogens is 144 g/mol. The molecule has 0 amide bonds. The van der Waals surface area contributed by atoms with E-state index in [1.165, 1.54) is 5.57 Å². The number of hydrogen-bond acceptors (Lipinski definition) is 0. The first kappa shape index (κ1) is 9.05. The molecule has 1 aliphatic carbocycles. The normalized spacial score (nSPS) is 24.6. The van der Waals surface area contributed by atoms with Crippen molar-refractivity contribution in [1.82, 2.24) is 0 Å². The van der Waals surface area contributed by atoms with Crippen molar-refractivity contribution in [3.63, 3.8) is 0 Å². The van der Waals surface area contributed by atoms with Crippen LogP contribution in [0.4, 0.5) is 0 Å². The average Bonchev–Trinajstić information content (AvgIpc) is 1.95. The van der Waals surface area contributed by atoms with Crippen LogP contribution in [0, 0.1) is 5.92 Å². The summed E-state index contributed by atoms with van der Waals surface area (Å²) in [4.78, 5) is 0. The predicted molar refractivity (Wildman–Crippen MR) is 55.0 cm³/mol. The van der Waals surface area contributed by atoms with Crippen molar-refractivity contribution >= 4 is 0 Å². The Bertz CT molecular complexity index is 249. The lowest BCUT2D eigenvalue weighted by atomic mass is 9.97. The molecule has 0 heterocycles. The quantitative estimate of drug-likeness (QED) is 0.549. The Labute approximate surface area is 75.0 Å². The zero-order chi connectivity index (χ0) is 8.97. The number of hydrogen-bond donors (Lipinski definition) is 0. The highest BCUT2D eigenvalue weighted by Gasteiger charge is 2.00. The summed E-state index contributed by atoms with van der Waals surface area (Å²) >= 11 is 0. The molecule has 0 N–H and O–H groups in total. The Balaban J connectivity index is 2.80. The van der Waals surface area contributed by atoms with Gasteiger partial charge < -0.3 is 0 Å². The van der Waals surface area contributed by atoms with Crippen LogP contribution in [0.15, 0.2) is 48.1 Å². The van der Waals surface area contributed by atoms with Crippen molar-refractivity contribution in [2.75, 3.05) is 0 Å². The van der Waals surface area contributed by atoms with E-state index in [0.29, 0.717) is 5.92 Å². The van der Waals surface area contributed by atoms with E-state index in [2.05, 4.69) is 44.7 Å². The van der Waals surface area contributed by atoms with Gasteiger partial charge in [-0.1, -0.05) is 56.4 Å². The molecule has 0 aromatic carbocycles. The highest BCUT2D eigenvalue weighted by atomic mass is 14.1. The Morgan fingerprint density at radius 2 is 2.08 bits per heavy atom. The molecule has 12 heavy (non-hydrogen) atoms. The van der Waals surface area contributed by atoms with Gasteiger partial charge >= 0.3 is 0 Å².